The van der Waals surface area contributed by atoms with E-state index >= 15 is 0 Å². The van der Waals surface area contributed by atoms with Crippen LogP contribution in [0.5, 0.6) is 0 Å². The normalized spacial score (nSPS) is 8.65. The zero-order valence-corrected chi connectivity index (χ0v) is 13.3. The first-order valence-corrected chi connectivity index (χ1v) is 6.73. The first-order valence-electron chi connectivity index (χ1n) is 6.73. The van der Waals surface area contributed by atoms with Gasteiger partial charge >= 0.3 is 6.18 Å². The predicted molar refractivity (Wildman–Crippen MR) is 79.4 cm³/mol. The van der Waals surface area contributed by atoms with Crippen LogP contribution < -0.4 is 5.73 Å². The molecule has 1 aromatic carbocycles. The molecule has 0 fully saturated rings. The van der Waals surface area contributed by atoms with Crippen LogP contribution in [0.4, 0.5) is 18.9 Å². The Morgan fingerprint density at radius 2 is 1.40 bits per heavy atom. The van der Waals surface area contributed by atoms with Crippen molar-refractivity contribution in [3.05, 3.63) is 28.8 Å². The van der Waals surface area contributed by atoms with Gasteiger partial charge in [-0.2, -0.15) is 18.4 Å². The molecule has 116 valence electrons. The fraction of sp³-hybridized carbons (Fsp3) is 0.533. The second kappa shape index (κ2) is 12.3. The van der Waals surface area contributed by atoms with E-state index in [1.54, 1.807) is 6.92 Å². The van der Waals surface area contributed by atoms with Crippen molar-refractivity contribution in [3.8, 4) is 6.07 Å². The Kier molecular flexibility index (Phi) is 14.4. The van der Waals surface area contributed by atoms with E-state index in [0.717, 1.165) is 12.1 Å². The molecular formula is C15H25F3N2. The van der Waals surface area contributed by atoms with Crippen LogP contribution in [0, 0.1) is 18.3 Å². The Morgan fingerprint density at radius 3 is 1.70 bits per heavy atom. The van der Waals surface area contributed by atoms with E-state index in [0.29, 0.717) is 5.56 Å². The Labute approximate surface area is 120 Å². The summed E-state index contributed by atoms with van der Waals surface area (Å²) in [6.45, 7) is 13.6. The highest BCUT2D eigenvalue weighted by molar-refractivity contribution is 5.55. The van der Waals surface area contributed by atoms with Crippen LogP contribution in [0.15, 0.2) is 12.1 Å². The van der Waals surface area contributed by atoms with E-state index in [4.69, 9.17) is 11.0 Å². The van der Waals surface area contributed by atoms with Gasteiger partial charge in [0, 0.05) is 5.69 Å². The van der Waals surface area contributed by atoms with Crippen molar-refractivity contribution in [2.45, 2.75) is 54.6 Å². The summed E-state index contributed by atoms with van der Waals surface area (Å²) in [5, 5.41) is 8.51. The molecule has 0 aliphatic carbocycles. The number of hydrogen-bond donors (Lipinski definition) is 1. The number of halogens is 3. The van der Waals surface area contributed by atoms with E-state index in [-0.39, 0.29) is 5.69 Å². The summed E-state index contributed by atoms with van der Waals surface area (Å²) in [6.07, 6.45) is -4.53. The van der Waals surface area contributed by atoms with E-state index in [1.807, 2.05) is 41.5 Å². The molecule has 5 heteroatoms. The minimum Gasteiger partial charge on any atom is -0.399 e. The number of nitrogens with zero attached hydrogens (tertiary/aromatic N) is 1. The summed E-state index contributed by atoms with van der Waals surface area (Å²) >= 11 is 0. The van der Waals surface area contributed by atoms with Gasteiger partial charge < -0.3 is 5.73 Å². The number of anilines is 1. The Morgan fingerprint density at radius 1 is 1.00 bits per heavy atom. The topological polar surface area (TPSA) is 49.8 Å². The van der Waals surface area contributed by atoms with Gasteiger partial charge in [0.1, 0.15) is 0 Å². The first-order chi connectivity index (χ1) is 9.36. The molecule has 2 N–H and O–H groups in total. The van der Waals surface area contributed by atoms with Gasteiger partial charge in [-0.15, -0.1) is 0 Å². The number of benzene rings is 1. The number of hydrogen-bond acceptors (Lipinski definition) is 2. The fourth-order valence-electron chi connectivity index (χ4n) is 1.05. The molecule has 1 rings (SSSR count). The average Bonchev–Trinajstić information content (AvgIpc) is 2.46. The number of rotatable bonds is 0. The molecule has 0 atom stereocenters. The lowest BCUT2D eigenvalue weighted by atomic mass is 10.0. The van der Waals surface area contributed by atoms with E-state index in [2.05, 4.69) is 0 Å². The molecule has 0 amide bonds. The van der Waals surface area contributed by atoms with Gasteiger partial charge in [-0.1, -0.05) is 41.5 Å². The molecule has 0 aliphatic rings. The molecule has 0 aromatic heterocycles. The van der Waals surface area contributed by atoms with Crippen molar-refractivity contribution in [1.82, 2.24) is 0 Å². The molecule has 0 radical (unpaired) electrons. The lowest BCUT2D eigenvalue weighted by Gasteiger charge is -2.10. The average molecular weight is 290 g/mol. The first kappa shape index (κ1) is 23.4. The number of nitrogen functional groups attached to an aromatic ring is 1. The van der Waals surface area contributed by atoms with Crippen LogP contribution in [0.25, 0.3) is 0 Å². The van der Waals surface area contributed by atoms with Crippen molar-refractivity contribution in [2.75, 3.05) is 5.73 Å². The highest BCUT2D eigenvalue weighted by Crippen LogP contribution is 2.33. The largest absolute Gasteiger partial charge is 0.417 e. The van der Waals surface area contributed by atoms with Gasteiger partial charge in [0.05, 0.1) is 17.2 Å². The van der Waals surface area contributed by atoms with Crippen LogP contribution in [-0.2, 0) is 6.18 Å². The Bertz CT molecular complexity index is 405. The molecule has 0 spiro atoms. The summed E-state index contributed by atoms with van der Waals surface area (Å²) in [5.41, 5.74) is 4.45. The minimum atomic E-state index is -4.53. The van der Waals surface area contributed by atoms with Gasteiger partial charge in [0.15, 0.2) is 0 Å². The summed E-state index contributed by atoms with van der Waals surface area (Å²) in [6, 6.07) is 3.42. The van der Waals surface area contributed by atoms with Gasteiger partial charge in [-0.25, -0.2) is 0 Å². The molecule has 0 heterocycles. The summed E-state index contributed by atoms with van der Waals surface area (Å²) in [4.78, 5) is 0. The van der Waals surface area contributed by atoms with Crippen LogP contribution in [-0.4, -0.2) is 0 Å². The molecule has 0 saturated carbocycles. The summed E-state index contributed by atoms with van der Waals surface area (Å²) in [7, 11) is 0. The maximum Gasteiger partial charge on any atom is 0.417 e. The quantitative estimate of drug-likeness (QED) is 0.637. The van der Waals surface area contributed by atoms with Crippen LogP contribution in [0.1, 0.15) is 58.2 Å². The van der Waals surface area contributed by atoms with Crippen LogP contribution in [0.3, 0.4) is 0 Å². The molecular weight excluding hydrogens is 265 g/mol. The van der Waals surface area contributed by atoms with E-state index in [9.17, 15) is 13.2 Å². The highest BCUT2D eigenvalue weighted by Gasteiger charge is 2.34. The van der Waals surface area contributed by atoms with Gasteiger partial charge in [0.2, 0.25) is 0 Å². The number of aryl methyl sites for hydroxylation is 1. The maximum absolute atomic E-state index is 12.3. The van der Waals surface area contributed by atoms with Gasteiger partial charge in [-0.3, -0.25) is 0 Å². The minimum absolute atomic E-state index is 0.0383. The molecule has 0 bridgehead atoms. The van der Waals surface area contributed by atoms with Crippen molar-refractivity contribution in [3.63, 3.8) is 0 Å². The second-order valence-electron chi connectivity index (χ2n) is 2.86. The van der Waals surface area contributed by atoms with E-state index < -0.39 is 17.3 Å². The smallest absolute Gasteiger partial charge is 0.399 e. The SMILES string of the molecule is CC.CC.CC.Cc1cc(C#N)c(C(F)(F)F)cc1N. The lowest BCUT2D eigenvalue weighted by Crippen LogP contribution is -2.09. The van der Waals surface area contributed by atoms with Crippen molar-refractivity contribution < 1.29 is 13.2 Å². The second-order valence-corrected chi connectivity index (χ2v) is 2.86. The standard InChI is InChI=1S/C9H7F3N2.3C2H6/c1-5-2-6(4-13)7(3-8(5)14)9(10,11)12;3*1-2/h2-3H,14H2,1H3;3*1-2H3. The molecule has 2 nitrogen and oxygen atoms in total. The lowest BCUT2D eigenvalue weighted by molar-refractivity contribution is -0.137. The summed E-state index contributed by atoms with van der Waals surface area (Å²) in [5.74, 6) is 0. The Hall–Kier alpha value is -1.70. The maximum atomic E-state index is 12.3. The molecule has 1 aromatic rings. The van der Waals surface area contributed by atoms with Crippen molar-refractivity contribution in [2.24, 2.45) is 0 Å². The predicted octanol–water partition coefficient (Wildman–Crippen LogP) is 5.55. The highest BCUT2D eigenvalue weighted by atomic mass is 19.4. The number of nitrogens with two attached hydrogens (primary N) is 1. The van der Waals surface area contributed by atoms with Crippen LogP contribution >= 0.6 is 0 Å². The third-order valence-corrected chi connectivity index (χ3v) is 1.83. The number of alkyl halides is 3. The molecule has 0 saturated heterocycles. The van der Waals surface area contributed by atoms with Gasteiger partial charge in [0.25, 0.3) is 0 Å². The molecule has 0 unspecified atom stereocenters. The molecule has 0 aliphatic heterocycles. The van der Waals surface area contributed by atoms with Crippen molar-refractivity contribution >= 4 is 5.69 Å². The zero-order chi connectivity index (χ0) is 16.9. The van der Waals surface area contributed by atoms with Crippen LogP contribution in [0.2, 0.25) is 0 Å². The van der Waals surface area contributed by atoms with Gasteiger partial charge in [-0.05, 0) is 24.6 Å². The summed E-state index contributed by atoms with van der Waals surface area (Å²) < 4.78 is 37.0. The zero-order valence-electron chi connectivity index (χ0n) is 13.3. The third kappa shape index (κ3) is 7.67. The fourth-order valence-corrected chi connectivity index (χ4v) is 1.05. The molecule has 20 heavy (non-hydrogen) atoms. The number of nitriles is 1. The van der Waals surface area contributed by atoms with Crippen molar-refractivity contribution in [1.29, 1.82) is 5.26 Å². The van der Waals surface area contributed by atoms with E-state index in [1.165, 1.54) is 6.07 Å². The monoisotopic (exact) mass is 290 g/mol. The third-order valence-electron chi connectivity index (χ3n) is 1.83. The Balaban J connectivity index is -0.000000425.